The Morgan fingerprint density at radius 1 is 1.26 bits per heavy atom. The van der Waals surface area contributed by atoms with Gasteiger partial charge in [0.15, 0.2) is 5.65 Å². The minimum absolute atomic E-state index is 0.234. The van der Waals surface area contributed by atoms with E-state index in [9.17, 15) is 9.59 Å². The molecule has 2 aromatic carbocycles. The number of amides is 1. The first-order valence-electron chi connectivity index (χ1n) is 11.4. The lowest BCUT2D eigenvalue weighted by Gasteiger charge is -2.13. The molecule has 3 heterocycles. The highest BCUT2D eigenvalue weighted by Gasteiger charge is 2.16. The number of aromatic nitrogens is 4. The lowest BCUT2D eigenvalue weighted by atomic mass is 9.95. The molecule has 5 N–H and O–H groups in total. The number of aromatic amines is 1. The van der Waals surface area contributed by atoms with Gasteiger partial charge in [-0.25, -0.2) is 9.78 Å². The van der Waals surface area contributed by atoms with Crippen LogP contribution in [0.4, 0.5) is 5.95 Å². The Bertz CT molecular complexity index is 1420. The third-order valence-corrected chi connectivity index (χ3v) is 6.45. The maximum atomic E-state index is 12.8. The van der Waals surface area contributed by atoms with E-state index in [0.29, 0.717) is 35.1 Å². The van der Waals surface area contributed by atoms with Crippen molar-refractivity contribution < 1.29 is 4.79 Å². The molecule has 9 nitrogen and oxygen atoms in total. The van der Waals surface area contributed by atoms with Crippen LogP contribution in [0.2, 0.25) is 0 Å². The number of carbonyl (C=O) groups excluding carboxylic acids is 1. The molecular weight excluding hydrogens is 430 g/mol. The van der Waals surface area contributed by atoms with Crippen LogP contribution in [0.1, 0.15) is 27.9 Å². The van der Waals surface area contributed by atoms with Crippen LogP contribution >= 0.6 is 0 Å². The second-order valence-electron chi connectivity index (χ2n) is 8.72. The number of primary amides is 1. The quantitative estimate of drug-likeness (QED) is 0.337. The zero-order valence-electron chi connectivity index (χ0n) is 19.0. The third-order valence-electron chi connectivity index (χ3n) is 6.45. The summed E-state index contributed by atoms with van der Waals surface area (Å²) in [6.07, 6.45) is 2.77. The Hall–Kier alpha value is -3.98. The molecule has 4 aromatic rings. The van der Waals surface area contributed by atoms with Crippen LogP contribution in [0.5, 0.6) is 0 Å². The fourth-order valence-electron chi connectivity index (χ4n) is 4.48. The van der Waals surface area contributed by atoms with E-state index in [2.05, 4.69) is 25.6 Å². The molecule has 174 valence electrons. The van der Waals surface area contributed by atoms with Gasteiger partial charge >= 0.3 is 5.69 Å². The summed E-state index contributed by atoms with van der Waals surface area (Å²) in [6.45, 7) is 5.19. The maximum Gasteiger partial charge on any atom is 0.328 e. The van der Waals surface area contributed by atoms with Crippen molar-refractivity contribution in [3.05, 3.63) is 75.8 Å². The van der Waals surface area contributed by atoms with Crippen molar-refractivity contribution in [1.82, 2.24) is 24.8 Å². The number of anilines is 1. The molecule has 1 aliphatic rings. The zero-order valence-corrected chi connectivity index (χ0v) is 19.0. The monoisotopic (exact) mass is 457 g/mol. The van der Waals surface area contributed by atoms with Gasteiger partial charge in [0.25, 0.3) is 0 Å². The summed E-state index contributed by atoms with van der Waals surface area (Å²) in [5.74, 6) is 0.598. The van der Waals surface area contributed by atoms with Crippen LogP contribution in [-0.2, 0) is 6.54 Å². The van der Waals surface area contributed by atoms with Crippen molar-refractivity contribution >= 4 is 23.0 Å². The van der Waals surface area contributed by atoms with Crippen LogP contribution < -0.4 is 22.1 Å². The van der Waals surface area contributed by atoms with Gasteiger partial charge in [-0.15, -0.1) is 0 Å². The van der Waals surface area contributed by atoms with Gasteiger partial charge in [0.2, 0.25) is 11.9 Å². The van der Waals surface area contributed by atoms with Gasteiger partial charge in [0.1, 0.15) is 5.52 Å². The molecule has 0 radical (unpaired) electrons. The summed E-state index contributed by atoms with van der Waals surface area (Å²) in [6, 6.07) is 13.2. The first kappa shape index (κ1) is 21.8. The second-order valence-corrected chi connectivity index (χ2v) is 8.72. The van der Waals surface area contributed by atoms with E-state index in [1.165, 1.54) is 0 Å². The molecule has 9 heteroatoms. The molecule has 0 saturated carbocycles. The van der Waals surface area contributed by atoms with E-state index < -0.39 is 5.91 Å². The van der Waals surface area contributed by atoms with Crippen molar-refractivity contribution in [3.8, 4) is 11.1 Å². The SMILES string of the molecule is Cc1c(Cn2c(=O)[nH]c3cnc(NC[C@@H]4CCNC4)nc32)cccc1-c1cccc(C(N)=O)c1. The summed E-state index contributed by atoms with van der Waals surface area (Å²) in [4.78, 5) is 36.2. The molecule has 2 aromatic heterocycles. The lowest BCUT2D eigenvalue weighted by Crippen LogP contribution is -2.19. The molecule has 0 spiro atoms. The van der Waals surface area contributed by atoms with E-state index in [1.54, 1.807) is 22.9 Å². The number of nitrogens with two attached hydrogens (primary N) is 1. The van der Waals surface area contributed by atoms with Crippen molar-refractivity contribution in [2.75, 3.05) is 25.0 Å². The number of carbonyl (C=O) groups is 1. The van der Waals surface area contributed by atoms with Crippen LogP contribution in [0.15, 0.2) is 53.5 Å². The Balaban J connectivity index is 1.46. The maximum absolute atomic E-state index is 12.8. The fraction of sp³-hybridized carbons (Fsp3) is 0.280. The third kappa shape index (κ3) is 4.29. The molecule has 5 rings (SSSR count). The highest BCUT2D eigenvalue weighted by Crippen LogP contribution is 2.27. The van der Waals surface area contributed by atoms with Gasteiger partial charge in [-0.2, -0.15) is 4.98 Å². The Kier molecular flexibility index (Phi) is 5.85. The molecule has 1 fully saturated rings. The smallest absolute Gasteiger partial charge is 0.328 e. The largest absolute Gasteiger partial charge is 0.366 e. The van der Waals surface area contributed by atoms with Gasteiger partial charge in [0.05, 0.1) is 12.7 Å². The summed E-state index contributed by atoms with van der Waals surface area (Å²) in [5, 5.41) is 6.66. The minimum atomic E-state index is -0.464. The summed E-state index contributed by atoms with van der Waals surface area (Å²) in [7, 11) is 0. The molecule has 1 aliphatic heterocycles. The predicted octanol–water partition coefficient (Wildman–Crippen LogP) is 2.26. The molecule has 1 amide bonds. The number of nitrogens with one attached hydrogen (secondary N) is 3. The van der Waals surface area contributed by atoms with Crippen molar-refractivity contribution in [2.24, 2.45) is 11.7 Å². The molecule has 1 saturated heterocycles. The topological polar surface area (TPSA) is 131 Å². The summed E-state index contributed by atoms with van der Waals surface area (Å²) in [5.41, 5.74) is 10.7. The standard InChI is InChI=1S/C25H27N7O2/c1-15-19(6-3-7-20(15)17-4-2-5-18(10-17)22(26)33)14-32-23-21(30-25(32)34)13-29-24(31-23)28-12-16-8-9-27-11-16/h2-7,10,13,16,27H,8-9,11-12,14H2,1H3,(H2,26,33)(H,30,34)(H,28,29,31)/t16-/m1/s1. The first-order chi connectivity index (χ1) is 16.5. The number of H-pyrrole nitrogens is 1. The van der Waals surface area contributed by atoms with Gasteiger partial charge in [-0.1, -0.05) is 30.3 Å². The van der Waals surface area contributed by atoms with Gasteiger partial charge in [-0.3, -0.25) is 9.36 Å². The van der Waals surface area contributed by atoms with Crippen LogP contribution in [0.25, 0.3) is 22.3 Å². The highest BCUT2D eigenvalue weighted by molar-refractivity contribution is 5.94. The van der Waals surface area contributed by atoms with E-state index in [4.69, 9.17) is 5.73 Å². The molecule has 0 bridgehead atoms. The van der Waals surface area contributed by atoms with Crippen molar-refractivity contribution in [2.45, 2.75) is 19.9 Å². The summed E-state index contributed by atoms with van der Waals surface area (Å²) < 4.78 is 1.63. The number of hydrogen-bond acceptors (Lipinski definition) is 6. The average Bonchev–Trinajstić information content (AvgIpc) is 3.47. The fourth-order valence-corrected chi connectivity index (χ4v) is 4.48. The number of hydrogen-bond donors (Lipinski definition) is 4. The van der Waals surface area contributed by atoms with E-state index in [-0.39, 0.29) is 5.69 Å². The minimum Gasteiger partial charge on any atom is -0.366 e. The highest BCUT2D eigenvalue weighted by atomic mass is 16.1. The Morgan fingerprint density at radius 3 is 2.91 bits per heavy atom. The number of fused-ring (bicyclic) bond motifs is 1. The normalized spacial score (nSPS) is 15.6. The van der Waals surface area contributed by atoms with E-state index in [0.717, 1.165) is 48.3 Å². The number of nitrogens with zero attached hydrogens (tertiary/aromatic N) is 3. The number of imidazole rings is 1. The molecule has 34 heavy (non-hydrogen) atoms. The molecule has 1 atom stereocenters. The van der Waals surface area contributed by atoms with Crippen molar-refractivity contribution in [3.63, 3.8) is 0 Å². The number of rotatable bonds is 7. The van der Waals surface area contributed by atoms with Crippen LogP contribution in [0.3, 0.4) is 0 Å². The van der Waals surface area contributed by atoms with Gasteiger partial charge < -0.3 is 21.4 Å². The molecule has 0 unspecified atom stereocenters. The molecular formula is C25H27N7O2. The second kappa shape index (κ2) is 9.11. The van der Waals surface area contributed by atoms with Crippen molar-refractivity contribution in [1.29, 1.82) is 0 Å². The van der Waals surface area contributed by atoms with E-state index in [1.807, 2.05) is 37.3 Å². The summed E-state index contributed by atoms with van der Waals surface area (Å²) >= 11 is 0. The predicted molar refractivity (Wildman–Crippen MR) is 132 cm³/mol. The lowest BCUT2D eigenvalue weighted by molar-refractivity contribution is 0.100. The first-order valence-corrected chi connectivity index (χ1v) is 11.4. The van der Waals surface area contributed by atoms with Gasteiger partial charge in [-0.05, 0) is 66.7 Å². The zero-order chi connectivity index (χ0) is 23.7. The van der Waals surface area contributed by atoms with E-state index >= 15 is 0 Å². The Morgan fingerprint density at radius 2 is 2.12 bits per heavy atom. The molecule has 0 aliphatic carbocycles. The van der Waals surface area contributed by atoms with Crippen LogP contribution in [-0.4, -0.2) is 45.1 Å². The Labute approximate surface area is 196 Å². The van der Waals surface area contributed by atoms with Crippen LogP contribution in [0, 0.1) is 12.8 Å². The number of benzene rings is 2. The average molecular weight is 458 g/mol. The van der Waals surface area contributed by atoms with Gasteiger partial charge in [0, 0.05) is 12.1 Å².